The van der Waals surface area contributed by atoms with Gasteiger partial charge in [0.2, 0.25) is 5.91 Å². The molecule has 4 nitrogen and oxygen atoms in total. The zero-order chi connectivity index (χ0) is 13.9. The second-order valence-corrected chi connectivity index (χ2v) is 6.09. The number of nitrogens with zero attached hydrogens (tertiary/aromatic N) is 1. The largest absolute Gasteiger partial charge is 0.349 e. The lowest BCUT2D eigenvalue weighted by Gasteiger charge is -2.24. The Morgan fingerprint density at radius 1 is 1.36 bits per heavy atom. The fraction of sp³-hybridized carbons (Fsp3) is 0.625. The van der Waals surface area contributed by atoms with Gasteiger partial charge in [0.1, 0.15) is 0 Å². The van der Waals surface area contributed by atoms with Gasteiger partial charge in [-0.25, -0.2) is 0 Å². The lowest BCUT2D eigenvalue weighted by Crippen LogP contribution is -2.43. The summed E-state index contributed by atoms with van der Waals surface area (Å²) in [5.41, 5.74) is 2.08. The lowest BCUT2D eigenvalue weighted by atomic mass is 9.85. The SMILES string of the molecule is Cc1cccnc1CNC(=O)C1CC2CCCCC2N1.Cl.Cl. The van der Waals surface area contributed by atoms with Crippen LogP contribution < -0.4 is 10.6 Å². The van der Waals surface area contributed by atoms with E-state index in [9.17, 15) is 4.79 Å². The molecule has 0 bridgehead atoms. The second-order valence-electron chi connectivity index (χ2n) is 6.09. The topological polar surface area (TPSA) is 54.0 Å². The van der Waals surface area contributed by atoms with E-state index in [1.807, 2.05) is 19.1 Å². The quantitative estimate of drug-likeness (QED) is 0.885. The van der Waals surface area contributed by atoms with Crippen LogP contribution in [0, 0.1) is 12.8 Å². The summed E-state index contributed by atoms with van der Waals surface area (Å²) >= 11 is 0. The standard InChI is InChI=1S/C16H23N3O.2ClH/c1-11-5-4-8-17-15(11)10-18-16(20)14-9-12-6-2-3-7-13(12)19-14;;/h4-5,8,12-14,19H,2-3,6-7,9-10H2,1H3,(H,18,20);2*1H. The van der Waals surface area contributed by atoms with Crippen molar-refractivity contribution in [3.63, 3.8) is 0 Å². The zero-order valence-corrected chi connectivity index (χ0v) is 14.5. The summed E-state index contributed by atoms with van der Waals surface area (Å²) < 4.78 is 0. The van der Waals surface area contributed by atoms with Crippen LogP contribution in [0.2, 0.25) is 0 Å². The summed E-state index contributed by atoms with van der Waals surface area (Å²) in [6.07, 6.45) is 7.91. The average Bonchev–Trinajstić information content (AvgIpc) is 2.90. The molecule has 1 aliphatic carbocycles. The number of carbonyl (C=O) groups is 1. The monoisotopic (exact) mass is 345 g/mol. The number of halogens is 2. The van der Waals surface area contributed by atoms with Crippen molar-refractivity contribution in [2.75, 3.05) is 0 Å². The Hall–Kier alpha value is -0.840. The maximum atomic E-state index is 12.3. The average molecular weight is 346 g/mol. The highest BCUT2D eigenvalue weighted by Crippen LogP contribution is 2.33. The molecule has 1 aromatic rings. The van der Waals surface area contributed by atoms with Crippen molar-refractivity contribution in [1.29, 1.82) is 0 Å². The summed E-state index contributed by atoms with van der Waals surface area (Å²) in [5.74, 6) is 0.834. The highest BCUT2D eigenvalue weighted by atomic mass is 35.5. The highest BCUT2D eigenvalue weighted by Gasteiger charge is 2.37. The van der Waals surface area contributed by atoms with E-state index >= 15 is 0 Å². The van der Waals surface area contributed by atoms with Crippen molar-refractivity contribution in [2.45, 2.75) is 57.7 Å². The first-order chi connectivity index (χ1) is 9.74. The Kier molecular flexibility index (Phi) is 7.60. The van der Waals surface area contributed by atoms with Gasteiger partial charge in [-0.15, -0.1) is 24.8 Å². The van der Waals surface area contributed by atoms with Crippen LogP contribution in [-0.4, -0.2) is 23.0 Å². The maximum Gasteiger partial charge on any atom is 0.237 e. The summed E-state index contributed by atoms with van der Waals surface area (Å²) in [6.45, 7) is 2.55. The van der Waals surface area contributed by atoms with E-state index in [1.165, 1.54) is 25.7 Å². The smallest absolute Gasteiger partial charge is 0.237 e. The number of nitrogens with one attached hydrogen (secondary N) is 2. The molecule has 3 unspecified atom stereocenters. The molecule has 1 amide bonds. The van der Waals surface area contributed by atoms with Gasteiger partial charge in [0.05, 0.1) is 18.3 Å². The Balaban J connectivity index is 0.00000121. The van der Waals surface area contributed by atoms with Gasteiger partial charge in [-0.2, -0.15) is 0 Å². The van der Waals surface area contributed by atoms with E-state index in [2.05, 4.69) is 15.6 Å². The summed E-state index contributed by atoms with van der Waals surface area (Å²) in [4.78, 5) is 16.6. The molecule has 2 fully saturated rings. The van der Waals surface area contributed by atoms with Gasteiger partial charge < -0.3 is 10.6 Å². The van der Waals surface area contributed by atoms with Crippen molar-refractivity contribution in [1.82, 2.24) is 15.6 Å². The summed E-state index contributed by atoms with van der Waals surface area (Å²) in [7, 11) is 0. The predicted octanol–water partition coefficient (Wildman–Crippen LogP) is 2.77. The van der Waals surface area contributed by atoms with Crippen molar-refractivity contribution in [2.24, 2.45) is 5.92 Å². The molecule has 1 aromatic heterocycles. The lowest BCUT2D eigenvalue weighted by molar-refractivity contribution is -0.123. The van der Waals surface area contributed by atoms with Crippen molar-refractivity contribution in [3.05, 3.63) is 29.6 Å². The molecule has 1 aliphatic heterocycles. The van der Waals surface area contributed by atoms with Crippen LogP contribution in [0.3, 0.4) is 0 Å². The Morgan fingerprint density at radius 2 is 2.14 bits per heavy atom. The van der Waals surface area contributed by atoms with E-state index in [4.69, 9.17) is 0 Å². The van der Waals surface area contributed by atoms with Gasteiger partial charge in [0, 0.05) is 12.2 Å². The molecule has 1 saturated carbocycles. The van der Waals surface area contributed by atoms with Crippen LogP contribution in [-0.2, 0) is 11.3 Å². The minimum absolute atomic E-state index is 0. The number of hydrogen-bond donors (Lipinski definition) is 2. The molecule has 1 saturated heterocycles. The van der Waals surface area contributed by atoms with E-state index < -0.39 is 0 Å². The molecule has 22 heavy (non-hydrogen) atoms. The van der Waals surface area contributed by atoms with Crippen LogP contribution in [0.25, 0.3) is 0 Å². The van der Waals surface area contributed by atoms with Gasteiger partial charge in [-0.3, -0.25) is 9.78 Å². The fourth-order valence-electron chi connectivity index (χ4n) is 3.52. The van der Waals surface area contributed by atoms with E-state index in [0.29, 0.717) is 18.5 Å². The minimum Gasteiger partial charge on any atom is -0.349 e. The normalized spacial score (nSPS) is 26.3. The first-order valence-electron chi connectivity index (χ1n) is 7.68. The number of carbonyl (C=O) groups excluding carboxylic acids is 1. The third kappa shape index (κ3) is 4.34. The Morgan fingerprint density at radius 3 is 2.86 bits per heavy atom. The molecule has 6 heteroatoms. The van der Waals surface area contributed by atoms with E-state index in [-0.39, 0.29) is 36.8 Å². The third-order valence-corrected chi connectivity index (χ3v) is 4.73. The van der Waals surface area contributed by atoms with Crippen LogP contribution in [0.1, 0.15) is 43.4 Å². The number of fused-ring (bicyclic) bond motifs is 1. The maximum absolute atomic E-state index is 12.3. The van der Waals surface area contributed by atoms with Crippen molar-refractivity contribution >= 4 is 30.7 Å². The molecular weight excluding hydrogens is 321 g/mol. The predicted molar refractivity (Wildman–Crippen MR) is 92.6 cm³/mol. The van der Waals surface area contributed by atoms with Gasteiger partial charge in [0.15, 0.2) is 0 Å². The molecule has 0 spiro atoms. The number of pyridine rings is 1. The van der Waals surface area contributed by atoms with E-state index in [1.54, 1.807) is 6.20 Å². The second kappa shape index (κ2) is 8.70. The number of aryl methyl sites for hydroxylation is 1. The molecule has 3 atom stereocenters. The van der Waals surface area contributed by atoms with Gasteiger partial charge in [-0.1, -0.05) is 18.9 Å². The molecular formula is C16H25Cl2N3O. The van der Waals surface area contributed by atoms with Crippen LogP contribution in [0.5, 0.6) is 0 Å². The van der Waals surface area contributed by atoms with Gasteiger partial charge in [-0.05, 0) is 43.7 Å². The summed E-state index contributed by atoms with van der Waals surface area (Å²) in [5, 5.41) is 6.54. The molecule has 124 valence electrons. The zero-order valence-electron chi connectivity index (χ0n) is 12.9. The van der Waals surface area contributed by atoms with Crippen LogP contribution >= 0.6 is 24.8 Å². The van der Waals surface area contributed by atoms with Gasteiger partial charge in [0.25, 0.3) is 0 Å². The van der Waals surface area contributed by atoms with Crippen molar-refractivity contribution < 1.29 is 4.79 Å². The third-order valence-electron chi connectivity index (χ3n) is 4.73. The molecule has 2 heterocycles. The Bertz CT molecular complexity index is 484. The van der Waals surface area contributed by atoms with Crippen LogP contribution in [0.15, 0.2) is 18.3 Å². The number of rotatable bonds is 3. The Labute approximate surface area is 144 Å². The molecule has 2 aliphatic rings. The minimum atomic E-state index is -0.00730. The molecule has 0 radical (unpaired) electrons. The first-order valence-corrected chi connectivity index (χ1v) is 7.68. The number of aromatic nitrogens is 1. The first kappa shape index (κ1) is 19.2. The molecule has 2 N–H and O–H groups in total. The molecule has 0 aromatic carbocycles. The number of hydrogen-bond acceptors (Lipinski definition) is 3. The van der Waals surface area contributed by atoms with E-state index in [0.717, 1.165) is 17.7 Å². The summed E-state index contributed by atoms with van der Waals surface area (Å²) in [6, 6.07) is 4.50. The highest BCUT2D eigenvalue weighted by molar-refractivity contribution is 5.85. The van der Waals surface area contributed by atoms with Crippen molar-refractivity contribution in [3.8, 4) is 0 Å². The fourth-order valence-corrected chi connectivity index (χ4v) is 3.52. The van der Waals surface area contributed by atoms with Gasteiger partial charge >= 0.3 is 0 Å². The van der Waals surface area contributed by atoms with Crippen LogP contribution in [0.4, 0.5) is 0 Å². The molecule has 3 rings (SSSR count). The number of amides is 1.